The average molecular weight is 709 g/mol. The first-order chi connectivity index (χ1) is 24.0. The summed E-state index contributed by atoms with van der Waals surface area (Å²) in [5.41, 5.74) is 5.85. The molecule has 2 saturated carbocycles. The minimum atomic E-state index is -1.03. The molecular weight excluding hydrogens is 642 g/mol. The van der Waals surface area contributed by atoms with Gasteiger partial charge in [-0.25, -0.2) is 0 Å². The number of carboxylic acid groups (broad SMARTS) is 1. The summed E-state index contributed by atoms with van der Waals surface area (Å²) in [5, 5.41) is 49.9. The summed E-state index contributed by atoms with van der Waals surface area (Å²) in [6.45, 7) is 3.45. The van der Waals surface area contributed by atoms with E-state index in [2.05, 4.69) is 23.6 Å². The van der Waals surface area contributed by atoms with Crippen molar-refractivity contribution in [2.24, 2.45) is 40.7 Å². The normalized spacial score (nSPS) is 48.5. The largest absolute Gasteiger partial charge is 0.549 e. The smallest absolute Gasteiger partial charge is 0.137 e. The topological polar surface area (TPSA) is 197 Å². The van der Waals surface area contributed by atoms with E-state index in [0.29, 0.717) is 50.2 Å². The monoisotopic (exact) mass is 708 g/mol. The van der Waals surface area contributed by atoms with Crippen LogP contribution >= 0.6 is 0 Å². The highest BCUT2D eigenvalue weighted by Crippen LogP contribution is 2.54. The van der Waals surface area contributed by atoms with Crippen molar-refractivity contribution < 1.29 is 54.8 Å². The molecule has 9 unspecified atom stereocenters. The van der Waals surface area contributed by atoms with E-state index in [4.69, 9.17) is 24.7 Å². The molecule has 3 heterocycles. The molecule has 0 amide bonds. The van der Waals surface area contributed by atoms with E-state index in [-0.39, 0.29) is 42.4 Å². The number of aliphatic hydroxyl groups is 3. The van der Waals surface area contributed by atoms with Crippen LogP contribution in [-0.4, -0.2) is 116 Å². The molecule has 0 radical (unpaired) electrons. The van der Waals surface area contributed by atoms with E-state index < -0.39 is 47.8 Å². The Morgan fingerprint density at radius 2 is 1.72 bits per heavy atom. The first kappa shape index (κ1) is 38.5. The zero-order valence-corrected chi connectivity index (χ0v) is 30.5. The van der Waals surface area contributed by atoms with Crippen LogP contribution in [0.5, 0.6) is 0 Å². The number of carbonyl (C=O) groups excluding carboxylic acids is 1. The maximum absolute atomic E-state index is 12.7. The fraction of sp³-hybridized carbons (Fsp3) is 0.921. The van der Waals surface area contributed by atoms with Crippen LogP contribution in [0.1, 0.15) is 90.4 Å². The van der Waals surface area contributed by atoms with Crippen LogP contribution in [0.3, 0.4) is 0 Å². The number of nitrogens with two attached hydrogens (primary N) is 3. The van der Waals surface area contributed by atoms with Crippen molar-refractivity contribution in [3.63, 3.8) is 0 Å². The third-order valence-corrected chi connectivity index (χ3v) is 14.0. The Morgan fingerprint density at radius 3 is 2.46 bits per heavy atom. The highest BCUT2D eigenvalue weighted by molar-refractivity contribution is 5.72. The van der Waals surface area contributed by atoms with Gasteiger partial charge in [-0.1, -0.05) is 12.2 Å². The number of aliphatic hydroxyl groups excluding tert-OH is 3. The van der Waals surface area contributed by atoms with Crippen LogP contribution in [0, 0.1) is 35.0 Å². The van der Waals surface area contributed by atoms with Crippen LogP contribution in [0.4, 0.5) is 0 Å². The fourth-order valence-corrected chi connectivity index (χ4v) is 11.2. The van der Waals surface area contributed by atoms with E-state index in [9.17, 15) is 25.2 Å². The Balaban J connectivity index is 1.13. The van der Waals surface area contributed by atoms with Gasteiger partial charge in [0.15, 0.2) is 0 Å². The van der Waals surface area contributed by atoms with Crippen molar-refractivity contribution in [2.45, 2.75) is 157 Å². The van der Waals surface area contributed by atoms with Crippen LogP contribution in [0.2, 0.25) is 0 Å². The lowest BCUT2D eigenvalue weighted by molar-refractivity contribution is -0.746. The second-order valence-corrected chi connectivity index (χ2v) is 17.0. The predicted molar refractivity (Wildman–Crippen MR) is 182 cm³/mol. The predicted octanol–water partition coefficient (Wildman–Crippen LogP) is -1.07. The number of carbonyl (C=O) groups is 1. The van der Waals surface area contributed by atoms with E-state index in [0.717, 1.165) is 64.3 Å². The van der Waals surface area contributed by atoms with Gasteiger partial charge in [0, 0.05) is 44.4 Å². The zero-order chi connectivity index (χ0) is 35.6. The molecule has 3 aliphatic carbocycles. The fourth-order valence-electron chi connectivity index (χ4n) is 11.2. The summed E-state index contributed by atoms with van der Waals surface area (Å²) in [7, 11) is 3.29. The van der Waals surface area contributed by atoms with Crippen molar-refractivity contribution in [2.75, 3.05) is 27.4 Å². The minimum Gasteiger partial charge on any atom is -0.549 e. The number of hydrogen-bond donors (Lipinski definition) is 6. The van der Waals surface area contributed by atoms with Crippen molar-refractivity contribution in [1.82, 2.24) is 0 Å². The number of methoxy groups -OCH3 is 2. The van der Waals surface area contributed by atoms with Gasteiger partial charge < -0.3 is 54.8 Å². The molecule has 5 fully saturated rings. The zero-order valence-electron chi connectivity index (χ0n) is 30.5. The summed E-state index contributed by atoms with van der Waals surface area (Å²) in [6.07, 6.45) is 11.4. The van der Waals surface area contributed by atoms with E-state index >= 15 is 0 Å². The minimum absolute atomic E-state index is 0.0205. The Bertz CT molecular complexity index is 1150. The lowest BCUT2D eigenvalue weighted by Gasteiger charge is -2.52. The molecule has 6 rings (SSSR count). The van der Waals surface area contributed by atoms with Crippen molar-refractivity contribution >= 4 is 5.97 Å². The lowest BCUT2D eigenvalue weighted by Crippen LogP contribution is -3.01. The van der Waals surface area contributed by atoms with Crippen LogP contribution in [-0.2, 0) is 23.7 Å². The highest BCUT2D eigenvalue weighted by Gasteiger charge is 2.59. The van der Waals surface area contributed by atoms with Crippen molar-refractivity contribution in [1.29, 1.82) is 0 Å². The molecule has 0 aromatic heterocycles. The van der Waals surface area contributed by atoms with Gasteiger partial charge in [0.1, 0.15) is 18.3 Å². The SMILES string of the molecule is COC1CC(CC[C@H]2C[C@H](O)C[C@H](C3CC(OC)C(O)C(OC[C@H]4[NH2+][C@@H](C)CC[C@@]45[C@H](C(=O)[O-])C=C[C@H]5C4CC[NH2+]C(N)C4)C3)O2)CCC1O. The number of ether oxygens (including phenoxy) is 4. The van der Waals surface area contributed by atoms with E-state index in [1.165, 1.54) is 0 Å². The highest BCUT2D eigenvalue weighted by atomic mass is 16.5. The third kappa shape index (κ3) is 8.30. The summed E-state index contributed by atoms with van der Waals surface area (Å²) in [6, 6.07) is 0.198. The molecule has 17 atom stereocenters. The Morgan fingerprint density at radius 1 is 0.940 bits per heavy atom. The summed E-state index contributed by atoms with van der Waals surface area (Å²) >= 11 is 0. The van der Waals surface area contributed by atoms with Crippen LogP contribution in [0.15, 0.2) is 12.2 Å². The average Bonchev–Trinajstić information content (AvgIpc) is 3.48. The lowest BCUT2D eigenvalue weighted by atomic mass is 9.57. The summed E-state index contributed by atoms with van der Waals surface area (Å²) in [5.74, 6) is -0.846. The second-order valence-electron chi connectivity index (χ2n) is 17.0. The number of piperidine rings is 2. The number of allylic oxidation sites excluding steroid dienone is 1. The number of hydrogen-bond acceptors (Lipinski definition) is 10. The molecule has 0 aromatic carbocycles. The van der Waals surface area contributed by atoms with E-state index in [1.54, 1.807) is 14.2 Å². The van der Waals surface area contributed by atoms with Gasteiger partial charge in [0.05, 0.1) is 61.9 Å². The molecule has 0 aromatic rings. The number of rotatable bonds is 11. The van der Waals surface area contributed by atoms with Gasteiger partial charge in [-0.05, 0) is 101 Å². The third-order valence-electron chi connectivity index (χ3n) is 14.0. The first-order valence-electron chi connectivity index (χ1n) is 19.7. The van der Waals surface area contributed by atoms with Crippen LogP contribution < -0.4 is 21.5 Å². The van der Waals surface area contributed by atoms with Gasteiger partial charge >= 0.3 is 0 Å². The van der Waals surface area contributed by atoms with Gasteiger partial charge in [0.2, 0.25) is 0 Å². The molecule has 3 saturated heterocycles. The Kier molecular flexibility index (Phi) is 13.0. The number of quaternary nitrogens is 2. The van der Waals surface area contributed by atoms with Crippen molar-refractivity contribution in [3.05, 3.63) is 12.2 Å². The standard InChI is InChI=1S/C38H65N3O9/c1-21-10-12-38(27(7-8-28(38)37(45)46)23-11-13-40-35(39)17-23)34(41-21)20-49-33-16-24(15-32(48-3)36(33)44)30-19-25(42)18-26(50-30)6-4-22-5-9-29(43)31(14-22)47-2/h7-8,21-36,40-44H,4-6,9-20,39H2,1-3H3,(H,45,46)/p+1/t21-,22?,23?,24?,25-,26-,27-,28-,29?,30+,31?,32?,33?,34+,35?,36?,38+/m0/s1. The van der Waals surface area contributed by atoms with Gasteiger partial charge in [-0.2, -0.15) is 0 Å². The Hall–Kier alpha value is -1.19. The molecule has 9 N–H and O–H groups in total. The molecule has 0 bridgehead atoms. The molecule has 286 valence electrons. The first-order valence-corrected chi connectivity index (χ1v) is 19.7. The molecule has 12 nitrogen and oxygen atoms in total. The van der Waals surface area contributed by atoms with E-state index in [1.807, 2.05) is 6.08 Å². The van der Waals surface area contributed by atoms with Gasteiger partial charge in [-0.3, -0.25) is 5.73 Å². The number of aliphatic carboxylic acids is 1. The molecule has 6 aliphatic rings. The molecule has 3 aliphatic heterocycles. The maximum atomic E-state index is 12.7. The van der Waals surface area contributed by atoms with Crippen molar-refractivity contribution in [3.8, 4) is 0 Å². The Labute approximate surface area is 298 Å². The molecule has 1 spiro atoms. The quantitative estimate of drug-likeness (QED) is 0.144. The number of carboxylic acids is 1. The summed E-state index contributed by atoms with van der Waals surface area (Å²) in [4.78, 5) is 12.7. The molecule has 50 heavy (non-hydrogen) atoms. The van der Waals surface area contributed by atoms with Gasteiger partial charge in [0.25, 0.3) is 0 Å². The second kappa shape index (κ2) is 16.9. The molecule has 12 heteroatoms. The van der Waals surface area contributed by atoms with Gasteiger partial charge in [-0.15, -0.1) is 0 Å². The van der Waals surface area contributed by atoms with Crippen LogP contribution in [0.25, 0.3) is 0 Å². The maximum Gasteiger partial charge on any atom is 0.137 e. The molecular formula is C38H66N3O9+. The summed E-state index contributed by atoms with van der Waals surface area (Å²) < 4.78 is 24.8.